The van der Waals surface area contributed by atoms with Gasteiger partial charge < -0.3 is 9.30 Å². The Labute approximate surface area is 163 Å². The van der Waals surface area contributed by atoms with Crippen molar-refractivity contribution in [3.05, 3.63) is 50.6 Å². The van der Waals surface area contributed by atoms with Gasteiger partial charge in [0.2, 0.25) is 5.88 Å². The van der Waals surface area contributed by atoms with E-state index in [1.807, 2.05) is 6.07 Å². The van der Waals surface area contributed by atoms with Crippen molar-refractivity contribution in [3.63, 3.8) is 0 Å². The summed E-state index contributed by atoms with van der Waals surface area (Å²) in [5.74, 6) is 0.502. The average Bonchev–Trinajstić information content (AvgIpc) is 2.95. The van der Waals surface area contributed by atoms with Crippen molar-refractivity contribution in [1.29, 1.82) is 0 Å². The van der Waals surface area contributed by atoms with Crippen molar-refractivity contribution >= 4 is 38.4 Å². The summed E-state index contributed by atoms with van der Waals surface area (Å²) in [4.78, 5) is 15.6. The summed E-state index contributed by atoms with van der Waals surface area (Å²) >= 11 is 9.70. The monoisotopic (exact) mass is 436 g/mol. The normalized spacial score (nSPS) is 20.4. The number of pyridine rings is 1. The molecule has 0 spiro atoms. The Morgan fingerprint density at radius 1 is 1.27 bits per heavy atom. The fourth-order valence-electron chi connectivity index (χ4n) is 3.54. The zero-order valence-electron chi connectivity index (χ0n) is 14.2. The molecule has 0 radical (unpaired) electrons. The van der Waals surface area contributed by atoms with Gasteiger partial charge in [-0.3, -0.25) is 4.79 Å². The molecule has 3 heterocycles. The number of hydrogen-bond donors (Lipinski definition) is 0. The van der Waals surface area contributed by atoms with E-state index in [0.29, 0.717) is 17.1 Å². The molecular formula is C18H18BrClN4O2. The lowest BCUT2D eigenvalue weighted by molar-refractivity contribution is 0.126. The number of fused-ring (bicyclic) bond motifs is 1. The lowest BCUT2D eigenvalue weighted by Crippen LogP contribution is -2.27. The molecule has 0 bridgehead atoms. The number of nitrogens with zero attached hydrogens (tertiary/aromatic N) is 4. The highest BCUT2D eigenvalue weighted by atomic mass is 79.9. The molecule has 0 aliphatic heterocycles. The fraction of sp³-hybridized carbons (Fsp3) is 0.389. The van der Waals surface area contributed by atoms with E-state index in [1.54, 1.807) is 19.3 Å². The standard InChI is InChI=1S/C18H18BrClN4O2/c1-23-18(25)7-6-17(22-23)26-12-4-2-11(3-5-12)24-10-14(19)13-9-21-16(20)8-15(13)24/h6-12H,2-5H2,1H3/t11-,12+. The number of halogens is 2. The molecule has 0 atom stereocenters. The molecule has 8 heteroatoms. The largest absolute Gasteiger partial charge is 0.473 e. The fourth-order valence-corrected chi connectivity index (χ4v) is 4.22. The van der Waals surface area contributed by atoms with E-state index in [2.05, 4.69) is 36.8 Å². The van der Waals surface area contributed by atoms with Crippen molar-refractivity contribution in [3.8, 4) is 5.88 Å². The van der Waals surface area contributed by atoms with E-state index in [1.165, 1.54) is 10.7 Å². The van der Waals surface area contributed by atoms with Crippen LogP contribution >= 0.6 is 27.5 Å². The van der Waals surface area contributed by atoms with Crippen LogP contribution in [0.2, 0.25) is 5.15 Å². The van der Waals surface area contributed by atoms with Crippen LogP contribution < -0.4 is 10.3 Å². The lowest BCUT2D eigenvalue weighted by Gasteiger charge is -2.30. The molecule has 0 N–H and O–H groups in total. The second-order valence-electron chi connectivity index (χ2n) is 6.59. The van der Waals surface area contributed by atoms with Crippen LogP contribution in [0, 0.1) is 0 Å². The molecular weight excluding hydrogens is 420 g/mol. The maximum absolute atomic E-state index is 11.4. The van der Waals surface area contributed by atoms with E-state index < -0.39 is 0 Å². The van der Waals surface area contributed by atoms with Crippen molar-refractivity contribution < 1.29 is 4.74 Å². The molecule has 1 aliphatic carbocycles. The van der Waals surface area contributed by atoms with Gasteiger partial charge in [-0.2, -0.15) is 0 Å². The van der Waals surface area contributed by atoms with Gasteiger partial charge in [0.15, 0.2) is 0 Å². The zero-order chi connectivity index (χ0) is 18.3. The third-order valence-corrected chi connectivity index (χ3v) is 5.74. The van der Waals surface area contributed by atoms with E-state index >= 15 is 0 Å². The van der Waals surface area contributed by atoms with E-state index in [9.17, 15) is 4.79 Å². The van der Waals surface area contributed by atoms with E-state index in [4.69, 9.17) is 16.3 Å². The molecule has 4 rings (SSSR count). The summed E-state index contributed by atoms with van der Waals surface area (Å²) in [5, 5.41) is 5.72. The van der Waals surface area contributed by atoms with Gasteiger partial charge in [-0.25, -0.2) is 9.67 Å². The predicted octanol–water partition coefficient (Wildman–Crippen LogP) is 4.11. The number of hydrogen-bond acceptors (Lipinski definition) is 4. The summed E-state index contributed by atoms with van der Waals surface area (Å²) in [6, 6.07) is 5.43. The third kappa shape index (κ3) is 3.38. The van der Waals surface area contributed by atoms with Crippen molar-refractivity contribution in [2.75, 3.05) is 0 Å². The highest BCUT2D eigenvalue weighted by Crippen LogP contribution is 2.36. The minimum Gasteiger partial charge on any atom is -0.473 e. The number of rotatable bonds is 3. The highest BCUT2D eigenvalue weighted by molar-refractivity contribution is 9.10. The van der Waals surface area contributed by atoms with Crippen molar-refractivity contribution in [2.45, 2.75) is 37.8 Å². The number of ether oxygens (including phenoxy) is 1. The molecule has 0 saturated heterocycles. The Morgan fingerprint density at radius 2 is 2.04 bits per heavy atom. The predicted molar refractivity (Wildman–Crippen MR) is 104 cm³/mol. The molecule has 1 saturated carbocycles. The van der Waals surface area contributed by atoms with Crippen molar-refractivity contribution in [1.82, 2.24) is 19.3 Å². The van der Waals surface area contributed by atoms with Crippen LogP contribution in [-0.4, -0.2) is 25.4 Å². The Bertz CT molecular complexity index is 1010. The maximum atomic E-state index is 11.4. The Morgan fingerprint density at radius 3 is 2.77 bits per heavy atom. The zero-order valence-corrected chi connectivity index (χ0v) is 16.6. The maximum Gasteiger partial charge on any atom is 0.266 e. The van der Waals surface area contributed by atoms with Crippen LogP contribution in [0.5, 0.6) is 5.88 Å². The van der Waals surface area contributed by atoms with Gasteiger partial charge in [0.25, 0.3) is 5.56 Å². The van der Waals surface area contributed by atoms with Crippen LogP contribution in [-0.2, 0) is 7.05 Å². The molecule has 1 fully saturated rings. The molecule has 0 amide bonds. The van der Waals surface area contributed by atoms with Crippen molar-refractivity contribution in [2.24, 2.45) is 7.05 Å². The summed E-state index contributed by atoms with van der Waals surface area (Å²) in [5.41, 5.74) is 0.959. The minimum atomic E-state index is -0.140. The lowest BCUT2D eigenvalue weighted by atomic mass is 9.92. The quantitative estimate of drug-likeness (QED) is 0.579. The smallest absolute Gasteiger partial charge is 0.266 e. The summed E-state index contributed by atoms with van der Waals surface area (Å²) in [6.45, 7) is 0. The van der Waals surface area contributed by atoms with E-state index in [0.717, 1.165) is 41.1 Å². The summed E-state index contributed by atoms with van der Waals surface area (Å²) in [7, 11) is 1.63. The molecule has 6 nitrogen and oxygen atoms in total. The molecule has 136 valence electrons. The minimum absolute atomic E-state index is 0.117. The van der Waals surface area contributed by atoms with Gasteiger partial charge in [-0.1, -0.05) is 11.6 Å². The first-order valence-corrected chi connectivity index (χ1v) is 9.71. The summed E-state index contributed by atoms with van der Waals surface area (Å²) < 4.78 is 10.6. The van der Waals surface area contributed by atoms with Crippen LogP contribution in [0.3, 0.4) is 0 Å². The molecule has 1 aliphatic rings. The number of aryl methyl sites for hydroxylation is 1. The molecule has 3 aromatic rings. The Kier molecular flexibility index (Phi) is 4.75. The van der Waals surface area contributed by atoms with Gasteiger partial charge in [0, 0.05) is 47.5 Å². The molecule has 0 aromatic carbocycles. The SMILES string of the molecule is Cn1nc(O[C@H]2CC[C@@H](n3cc(Br)c4cnc(Cl)cc43)CC2)ccc1=O. The average molecular weight is 438 g/mol. The Hall–Kier alpha value is -1.86. The molecule has 26 heavy (non-hydrogen) atoms. The second-order valence-corrected chi connectivity index (χ2v) is 7.83. The van der Waals surface area contributed by atoms with Crippen LogP contribution in [0.15, 0.2) is 39.9 Å². The first kappa shape index (κ1) is 17.5. The van der Waals surface area contributed by atoms with E-state index in [-0.39, 0.29) is 11.7 Å². The number of aromatic nitrogens is 4. The third-order valence-electron chi connectivity index (χ3n) is 4.90. The van der Waals surface area contributed by atoms with Gasteiger partial charge in [-0.05, 0) is 47.7 Å². The topological polar surface area (TPSA) is 61.9 Å². The molecule has 3 aromatic heterocycles. The van der Waals surface area contributed by atoms with Gasteiger partial charge >= 0.3 is 0 Å². The highest BCUT2D eigenvalue weighted by Gasteiger charge is 2.25. The summed E-state index contributed by atoms with van der Waals surface area (Å²) in [6.07, 6.45) is 7.92. The van der Waals surface area contributed by atoms with Crippen LogP contribution in [0.25, 0.3) is 10.9 Å². The second kappa shape index (κ2) is 7.04. The van der Waals surface area contributed by atoms with Gasteiger partial charge in [-0.15, -0.1) is 5.10 Å². The first-order valence-electron chi connectivity index (χ1n) is 8.54. The molecule has 0 unspecified atom stereocenters. The first-order chi connectivity index (χ1) is 12.5. The van der Waals surface area contributed by atoms with Gasteiger partial charge in [0.1, 0.15) is 11.3 Å². The van der Waals surface area contributed by atoms with Gasteiger partial charge in [0.05, 0.1) is 5.52 Å². The van der Waals surface area contributed by atoms with Crippen LogP contribution in [0.4, 0.5) is 0 Å². The Balaban J connectivity index is 1.47. The van der Waals surface area contributed by atoms with Crippen LogP contribution in [0.1, 0.15) is 31.7 Å².